The van der Waals surface area contributed by atoms with Gasteiger partial charge in [-0.1, -0.05) is 50.1 Å². The fourth-order valence-corrected chi connectivity index (χ4v) is 3.74. The van der Waals surface area contributed by atoms with Crippen molar-refractivity contribution in [2.24, 2.45) is 5.92 Å². The quantitative estimate of drug-likeness (QED) is 0.445. The van der Waals surface area contributed by atoms with Crippen LogP contribution in [0.4, 0.5) is 0 Å². The number of ether oxygens (including phenoxy) is 4. The van der Waals surface area contributed by atoms with Gasteiger partial charge in [-0.15, -0.1) is 0 Å². The van der Waals surface area contributed by atoms with Crippen molar-refractivity contribution in [2.45, 2.75) is 64.2 Å². The normalized spacial score (nSPS) is 25.5. The van der Waals surface area contributed by atoms with Crippen LogP contribution in [0.5, 0.6) is 0 Å². The van der Waals surface area contributed by atoms with E-state index in [4.69, 9.17) is 18.9 Å². The predicted molar refractivity (Wildman–Crippen MR) is 118 cm³/mol. The van der Waals surface area contributed by atoms with Crippen LogP contribution in [-0.2, 0) is 39.8 Å². The van der Waals surface area contributed by atoms with Crippen molar-refractivity contribution >= 4 is 17.8 Å². The minimum atomic E-state index is -0.665. The molecule has 2 unspecified atom stereocenters. The second-order valence-electron chi connectivity index (χ2n) is 8.14. The summed E-state index contributed by atoms with van der Waals surface area (Å²) in [6, 6.07) is 9.13. The molecule has 2 rings (SSSR count). The summed E-state index contributed by atoms with van der Waals surface area (Å²) in [5.41, 5.74) is 0.982. The van der Waals surface area contributed by atoms with Crippen LogP contribution < -0.4 is 0 Å². The lowest BCUT2D eigenvalue weighted by molar-refractivity contribution is -0.173. The molecule has 1 fully saturated rings. The van der Waals surface area contributed by atoms with E-state index in [0.717, 1.165) is 18.4 Å². The fraction of sp³-hybridized carbons (Fsp3) is 0.625. The summed E-state index contributed by atoms with van der Waals surface area (Å²) in [5, 5.41) is 0. The first-order valence-electron chi connectivity index (χ1n) is 11.1. The number of carbonyl (C=O) groups is 3. The van der Waals surface area contributed by atoms with Crippen LogP contribution in [-0.4, -0.2) is 68.6 Å². The molecule has 0 aromatic heterocycles. The number of rotatable bonds is 8. The minimum absolute atomic E-state index is 0.0318. The molecular formula is C24H35NO7. The molecule has 1 aliphatic rings. The third-order valence-corrected chi connectivity index (χ3v) is 5.77. The maximum atomic E-state index is 12.9. The molecule has 0 radical (unpaired) electrons. The van der Waals surface area contributed by atoms with Crippen molar-refractivity contribution in [3.63, 3.8) is 0 Å². The van der Waals surface area contributed by atoms with Gasteiger partial charge in [0.1, 0.15) is 12.9 Å². The van der Waals surface area contributed by atoms with Gasteiger partial charge in [0.15, 0.2) is 6.61 Å². The molecule has 0 saturated carbocycles. The Morgan fingerprint density at radius 2 is 1.88 bits per heavy atom. The Morgan fingerprint density at radius 3 is 2.53 bits per heavy atom. The average molecular weight is 450 g/mol. The van der Waals surface area contributed by atoms with E-state index in [1.807, 2.05) is 37.3 Å². The lowest BCUT2D eigenvalue weighted by Gasteiger charge is -2.35. The summed E-state index contributed by atoms with van der Waals surface area (Å²) in [7, 11) is 3.12. The molecule has 0 N–H and O–H groups in total. The highest BCUT2D eigenvalue weighted by Crippen LogP contribution is 2.22. The number of nitrogens with zero attached hydrogens (tertiary/aromatic N) is 1. The van der Waals surface area contributed by atoms with E-state index >= 15 is 0 Å². The third-order valence-electron chi connectivity index (χ3n) is 5.77. The Bertz CT molecular complexity index is 739. The van der Waals surface area contributed by atoms with Gasteiger partial charge in [0.05, 0.1) is 24.5 Å². The van der Waals surface area contributed by atoms with Crippen molar-refractivity contribution in [3.05, 3.63) is 35.9 Å². The lowest BCUT2D eigenvalue weighted by Crippen LogP contribution is -2.50. The van der Waals surface area contributed by atoms with Crippen LogP contribution in [0.15, 0.2) is 30.3 Å². The van der Waals surface area contributed by atoms with Crippen molar-refractivity contribution in [3.8, 4) is 0 Å². The predicted octanol–water partition coefficient (Wildman–Crippen LogP) is 2.73. The summed E-state index contributed by atoms with van der Waals surface area (Å²) in [4.78, 5) is 39.8. The number of likely N-dealkylation sites (N-methyl/N-ethyl adjacent to an activating group) is 1. The molecule has 1 aromatic rings. The Morgan fingerprint density at radius 1 is 1.16 bits per heavy atom. The van der Waals surface area contributed by atoms with E-state index < -0.39 is 36.1 Å². The van der Waals surface area contributed by atoms with E-state index in [-0.39, 0.29) is 25.7 Å². The van der Waals surface area contributed by atoms with Crippen LogP contribution in [0.2, 0.25) is 0 Å². The minimum Gasteiger partial charge on any atom is -0.461 e. The number of unbranched alkanes of at least 4 members (excludes halogenated alkanes) is 1. The van der Waals surface area contributed by atoms with E-state index in [9.17, 15) is 14.4 Å². The number of amides is 1. The summed E-state index contributed by atoms with van der Waals surface area (Å²) in [5.74, 6) is -2.06. The maximum Gasteiger partial charge on any atom is 0.312 e. The molecule has 1 aliphatic heterocycles. The van der Waals surface area contributed by atoms with Gasteiger partial charge >= 0.3 is 11.9 Å². The number of benzene rings is 1. The highest BCUT2D eigenvalue weighted by molar-refractivity contribution is 5.82. The molecule has 8 heteroatoms. The number of methoxy groups -OCH3 is 1. The molecule has 1 heterocycles. The van der Waals surface area contributed by atoms with Gasteiger partial charge in [-0.2, -0.15) is 0 Å². The zero-order chi connectivity index (χ0) is 23.5. The van der Waals surface area contributed by atoms with Crippen molar-refractivity contribution in [1.82, 2.24) is 4.90 Å². The van der Waals surface area contributed by atoms with Crippen LogP contribution in [0.25, 0.3) is 0 Å². The zero-order valence-corrected chi connectivity index (χ0v) is 19.5. The summed E-state index contributed by atoms with van der Waals surface area (Å²) in [6.45, 7) is 3.27. The number of esters is 2. The molecule has 4 atom stereocenters. The standard InChI is InChI=1S/C24H35NO7/c1-5-6-12-20-17(2)24(28)30-15-22(26)25(3)19(13-18-10-8-7-9-11-18)21(31-16-29-4)14-23(27)32-20/h7-11,17,19-21H,5-6,12-16H2,1-4H3/t17-,19-,20?,21?/m0/s1. The topological polar surface area (TPSA) is 91.4 Å². The molecule has 0 aliphatic carbocycles. The molecule has 8 nitrogen and oxygen atoms in total. The number of cyclic esters (lactones) is 2. The highest BCUT2D eigenvalue weighted by Gasteiger charge is 2.36. The molecule has 32 heavy (non-hydrogen) atoms. The number of hydrogen-bond acceptors (Lipinski definition) is 7. The second kappa shape index (κ2) is 13.2. The Balaban J connectivity index is 2.34. The van der Waals surface area contributed by atoms with E-state index in [0.29, 0.717) is 12.8 Å². The van der Waals surface area contributed by atoms with Crippen LogP contribution >= 0.6 is 0 Å². The van der Waals surface area contributed by atoms with Gasteiger partial charge in [-0.25, -0.2) is 0 Å². The van der Waals surface area contributed by atoms with Crippen LogP contribution in [0.1, 0.15) is 45.1 Å². The largest absolute Gasteiger partial charge is 0.461 e. The molecule has 0 spiro atoms. The highest BCUT2D eigenvalue weighted by atomic mass is 16.7. The molecule has 178 valence electrons. The summed E-state index contributed by atoms with van der Waals surface area (Å²) >= 11 is 0. The zero-order valence-electron chi connectivity index (χ0n) is 19.5. The van der Waals surface area contributed by atoms with E-state index in [1.54, 1.807) is 14.0 Å². The first-order chi connectivity index (χ1) is 15.4. The Labute approximate surface area is 190 Å². The molecule has 1 saturated heterocycles. The van der Waals surface area contributed by atoms with Gasteiger partial charge in [0, 0.05) is 14.2 Å². The van der Waals surface area contributed by atoms with Gasteiger partial charge < -0.3 is 23.8 Å². The number of hydrogen-bond donors (Lipinski definition) is 0. The molecule has 0 bridgehead atoms. The summed E-state index contributed by atoms with van der Waals surface area (Å²) in [6.07, 6.45) is 1.36. The monoisotopic (exact) mass is 449 g/mol. The van der Waals surface area contributed by atoms with Crippen LogP contribution in [0.3, 0.4) is 0 Å². The van der Waals surface area contributed by atoms with Gasteiger partial charge in [0.25, 0.3) is 5.91 Å². The van der Waals surface area contributed by atoms with Crippen molar-refractivity contribution in [1.29, 1.82) is 0 Å². The lowest BCUT2D eigenvalue weighted by atomic mass is 9.96. The first kappa shape index (κ1) is 25.8. The second-order valence-corrected chi connectivity index (χ2v) is 8.14. The Hall–Kier alpha value is -2.45. The maximum absolute atomic E-state index is 12.9. The fourth-order valence-electron chi connectivity index (χ4n) is 3.74. The van der Waals surface area contributed by atoms with Gasteiger partial charge in [-0.3, -0.25) is 14.4 Å². The van der Waals surface area contributed by atoms with Gasteiger partial charge in [-0.05, 0) is 25.3 Å². The van der Waals surface area contributed by atoms with Crippen LogP contribution in [0, 0.1) is 5.92 Å². The van der Waals surface area contributed by atoms with E-state index in [2.05, 4.69) is 0 Å². The molecular weight excluding hydrogens is 414 g/mol. The number of carbonyl (C=O) groups excluding carboxylic acids is 3. The smallest absolute Gasteiger partial charge is 0.312 e. The van der Waals surface area contributed by atoms with Gasteiger partial charge in [0.2, 0.25) is 0 Å². The SMILES string of the molecule is CCCCC1OC(=O)CC(OCOC)[C@H](Cc2ccccc2)N(C)C(=O)COC(=O)[C@H]1C. The first-order valence-corrected chi connectivity index (χ1v) is 11.1. The third kappa shape index (κ3) is 7.60. The summed E-state index contributed by atoms with van der Waals surface area (Å²) < 4.78 is 21.9. The van der Waals surface area contributed by atoms with E-state index in [1.165, 1.54) is 12.0 Å². The van der Waals surface area contributed by atoms with Crippen molar-refractivity contribution in [2.75, 3.05) is 27.6 Å². The van der Waals surface area contributed by atoms with Crippen molar-refractivity contribution < 1.29 is 33.3 Å². The molecule has 1 aromatic carbocycles. The average Bonchev–Trinajstić information content (AvgIpc) is 2.80. The molecule has 1 amide bonds. The Kier molecular flexibility index (Phi) is 10.6.